The van der Waals surface area contributed by atoms with E-state index >= 15 is 0 Å². The molecule has 0 saturated carbocycles. The first-order valence-electron chi connectivity index (χ1n) is 6.79. The van der Waals surface area contributed by atoms with E-state index in [1.54, 1.807) is 6.08 Å². The molecule has 3 heteroatoms. The summed E-state index contributed by atoms with van der Waals surface area (Å²) in [5, 5.41) is 0. The number of hydrogen-bond acceptors (Lipinski definition) is 3. The van der Waals surface area contributed by atoms with Crippen LogP contribution in [0.4, 0.5) is 0 Å². The Bertz CT molecular complexity index is 630. The number of esters is 1. The van der Waals surface area contributed by atoms with E-state index in [1.807, 2.05) is 61.5 Å². The highest BCUT2D eigenvalue weighted by Gasteiger charge is 2.19. The SMILES string of the molecule is COC(=O)/C(=C\c1ccccc1)[C@@H](N)c1ccc(C)cc1. The maximum absolute atomic E-state index is 12.0. The molecule has 0 amide bonds. The van der Waals surface area contributed by atoms with Gasteiger partial charge < -0.3 is 10.5 Å². The van der Waals surface area contributed by atoms with Crippen LogP contribution in [0.5, 0.6) is 0 Å². The summed E-state index contributed by atoms with van der Waals surface area (Å²) in [6.45, 7) is 2.01. The summed E-state index contributed by atoms with van der Waals surface area (Å²) in [5.74, 6) is -0.410. The van der Waals surface area contributed by atoms with Crippen LogP contribution >= 0.6 is 0 Å². The minimum atomic E-state index is -0.516. The predicted molar refractivity (Wildman–Crippen MR) is 84.5 cm³/mol. The molecule has 0 aliphatic heterocycles. The lowest BCUT2D eigenvalue weighted by Gasteiger charge is -2.15. The molecule has 0 spiro atoms. The van der Waals surface area contributed by atoms with Gasteiger partial charge in [0.05, 0.1) is 18.7 Å². The summed E-state index contributed by atoms with van der Waals surface area (Å²) in [4.78, 5) is 12.0. The van der Waals surface area contributed by atoms with Crippen molar-refractivity contribution in [3.05, 3.63) is 76.9 Å². The standard InChI is InChI=1S/C18H19NO2/c1-13-8-10-15(11-9-13)17(19)16(18(20)21-2)12-14-6-4-3-5-7-14/h3-12,17H,19H2,1-2H3/b16-12-/t17-/m0/s1. The Hall–Kier alpha value is -2.39. The van der Waals surface area contributed by atoms with Crippen LogP contribution < -0.4 is 5.73 Å². The number of aryl methyl sites for hydroxylation is 1. The fourth-order valence-corrected chi connectivity index (χ4v) is 2.08. The first-order valence-corrected chi connectivity index (χ1v) is 6.79. The highest BCUT2D eigenvalue weighted by molar-refractivity contribution is 5.95. The van der Waals surface area contributed by atoms with Gasteiger partial charge in [0.2, 0.25) is 0 Å². The quantitative estimate of drug-likeness (QED) is 0.691. The van der Waals surface area contributed by atoms with Gasteiger partial charge >= 0.3 is 5.97 Å². The van der Waals surface area contributed by atoms with Crippen molar-refractivity contribution in [3.8, 4) is 0 Å². The van der Waals surface area contributed by atoms with Crippen LogP contribution in [0.25, 0.3) is 6.08 Å². The Kier molecular flexibility index (Phi) is 4.90. The molecule has 0 unspecified atom stereocenters. The van der Waals surface area contributed by atoms with Crippen molar-refractivity contribution in [2.75, 3.05) is 7.11 Å². The van der Waals surface area contributed by atoms with Gasteiger partial charge in [-0.2, -0.15) is 0 Å². The topological polar surface area (TPSA) is 52.3 Å². The molecular weight excluding hydrogens is 262 g/mol. The van der Waals surface area contributed by atoms with E-state index in [2.05, 4.69) is 0 Å². The summed E-state index contributed by atoms with van der Waals surface area (Å²) in [6, 6.07) is 16.9. The Morgan fingerprint density at radius 1 is 1.10 bits per heavy atom. The van der Waals surface area contributed by atoms with Crippen molar-refractivity contribution in [2.24, 2.45) is 5.73 Å². The number of rotatable bonds is 4. The normalized spacial score (nSPS) is 12.8. The summed E-state index contributed by atoms with van der Waals surface area (Å²) in [6.07, 6.45) is 1.77. The number of hydrogen-bond donors (Lipinski definition) is 1. The second-order valence-corrected chi connectivity index (χ2v) is 4.89. The maximum Gasteiger partial charge on any atom is 0.335 e. The molecular formula is C18H19NO2. The van der Waals surface area contributed by atoms with E-state index < -0.39 is 12.0 Å². The van der Waals surface area contributed by atoms with Crippen LogP contribution in [-0.2, 0) is 9.53 Å². The molecule has 0 aromatic heterocycles. The van der Waals surface area contributed by atoms with Crippen LogP contribution in [0.2, 0.25) is 0 Å². The average molecular weight is 281 g/mol. The zero-order chi connectivity index (χ0) is 15.2. The molecule has 21 heavy (non-hydrogen) atoms. The third-order valence-electron chi connectivity index (χ3n) is 3.31. The largest absolute Gasteiger partial charge is 0.466 e. The molecule has 1 atom stereocenters. The first kappa shape index (κ1) is 15.0. The lowest BCUT2D eigenvalue weighted by Crippen LogP contribution is -2.20. The minimum Gasteiger partial charge on any atom is -0.466 e. The zero-order valence-electron chi connectivity index (χ0n) is 12.2. The Morgan fingerprint density at radius 3 is 2.29 bits per heavy atom. The number of benzene rings is 2. The first-order chi connectivity index (χ1) is 10.1. The second-order valence-electron chi connectivity index (χ2n) is 4.89. The maximum atomic E-state index is 12.0. The van der Waals surface area contributed by atoms with Gasteiger partial charge in [-0.1, -0.05) is 60.2 Å². The minimum absolute atomic E-state index is 0.410. The molecule has 0 aliphatic carbocycles. The van der Waals surface area contributed by atoms with Gasteiger partial charge in [0.1, 0.15) is 0 Å². The summed E-state index contributed by atoms with van der Waals surface area (Å²) in [7, 11) is 1.36. The molecule has 0 fully saturated rings. The van der Waals surface area contributed by atoms with Crippen LogP contribution in [0.1, 0.15) is 22.7 Å². The van der Waals surface area contributed by atoms with Gasteiger partial charge in [-0.05, 0) is 24.1 Å². The molecule has 2 rings (SSSR count). The molecule has 3 nitrogen and oxygen atoms in total. The molecule has 2 aromatic carbocycles. The van der Waals surface area contributed by atoms with Crippen molar-refractivity contribution < 1.29 is 9.53 Å². The number of ether oxygens (including phenoxy) is 1. The van der Waals surface area contributed by atoms with Crippen molar-refractivity contribution in [2.45, 2.75) is 13.0 Å². The van der Waals surface area contributed by atoms with E-state index in [0.29, 0.717) is 5.57 Å². The van der Waals surface area contributed by atoms with Gasteiger partial charge in [-0.25, -0.2) is 4.79 Å². The summed E-state index contributed by atoms with van der Waals surface area (Å²) in [5.41, 5.74) is 9.63. The zero-order valence-corrected chi connectivity index (χ0v) is 12.2. The smallest absolute Gasteiger partial charge is 0.335 e. The Balaban J connectivity index is 2.38. The number of nitrogens with two attached hydrogens (primary N) is 1. The van der Waals surface area contributed by atoms with Gasteiger partial charge in [-0.15, -0.1) is 0 Å². The molecule has 0 radical (unpaired) electrons. The summed E-state index contributed by atoms with van der Waals surface area (Å²) >= 11 is 0. The van der Waals surface area contributed by atoms with Crippen LogP contribution in [0.15, 0.2) is 60.2 Å². The fourth-order valence-electron chi connectivity index (χ4n) is 2.08. The molecule has 0 saturated heterocycles. The molecule has 0 aliphatic rings. The molecule has 108 valence electrons. The number of carbonyl (C=O) groups is 1. The van der Waals surface area contributed by atoms with E-state index in [1.165, 1.54) is 7.11 Å². The highest BCUT2D eigenvalue weighted by atomic mass is 16.5. The van der Waals surface area contributed by atoms with Crippen LogP contribution in [0, 0.1) is 6.92 Å². The van der Waals surface area contributed by atoms with E-state index in [-0.39, 0.29) is 0 Å². The third-order valence-corrected chi connectivity index (χ3v) is 3.31. The average Bonchev–Trinajstić information content (AvgIpc) is 2.53. The van der Waals surface area contributed by atoms with Crippen molar-refractivity contribution in [1.29, 1.82) is 0 Å². The fraction of sp³-hybridized carbons (Fsp3) is 0.167. The number of methoxy groups -OCH3 is 1. The van der Waals surface area contributed by atoms with Crippen molar-refractivity contribution in [3.63, 3.8) is 0 Å². The molecule has 0 heterocycles. The van der Waals surface area contributed by atoms with Gasteiger partial charge in [0.25, 0.3) is 0 Å². The van der Waals surface area contributed by atoms with E-state index in [9.17, 15) is 4.79 Å². The monoisotopic (exact) mass is 281 g/mol. The summed E-state index contributed by atoms with van der Waals surface area (Å²) < 4.78 is 4.86. The Morgan fingerprint density at radius 2 is 1.71 bits per heavy atom. The molecule has 2 N–H and O–H groups in total. The highest BCUT2D eigenvalue weighted by Crippen LogP contribution is 2.23. The van der Waals surface area contributed by atoms with E-state index in [0.717, 1.165) is 16.7 Å². The lowest BCUT2D eigenvalue weighted by atomic mass is 9.97. The Labute approximate surface area is 125 Å². The van der Waals surface area contributed by atoms with E-state index in [4.69, 9.17) is 10.5 Å². The van der Waals surface area contributed by atoms with Crippen molar-refractivity contribution >= 4 is 12.0 Å². The molecule has 2 aromatic rings. The van der Waals surface area contributed by atoms with Crippen LogP contribution in [0.3, 0.4) is 0 Å². The lowest BCUT2D eigenvalue weighted by molar-refractivity contribution is -0.136. The third kappa shape index (κ3) is 3.80. The van der Waals surface area contributed by atoms with Gasteiger partial charge in [0, 0.05) is 0 Å². The van der Waals surface area contributed by atoms with Gasteiger partial charge in [0.15, 0.2) is 0 Å². The van der Waals surface area contributed by atoms with Crippen molar-refractivity contribution in [1.82, 2.24) is 0 Å². The predicted octanol–water partition coefficient (Wildman–Crippen LogP) is 3.25. The molecule has 0 bridgehead atoms. The van der Waals surface area contributed by atoms with Gasteiger partial charge in [-0.3, -0.25) is 0 Å². The van der Waals surface area contributed by atoms with Crippen LogP contribution in [-0.4, -0.2) is 13.1 Å². The number of carbonyl (C=O) groups excluding carboxylic acids is 1. The second kappa shape index (κ2) is 6.86.